The molecule has 1 aromatic carbocycles. The molecule has 0 heterocycles. The summed E-state index contributed by atoms with van der Waals surface area (Å²) in [5, 5.41) is 10.9. The monoisotopic (exact) mass is 239 g/mol. The average Bonchev–Trinajstić information content (AvgIpc) is 2.22. The summed E-state index contributed by atoms with van der Waals surface area (Å²) < 4.78 is 13.0. The summed E-state index contributed by atoms with van der Waals surface area (Å²) in [6.45, 7) is 1.96. The van der Waals surface area contributed by atoms with Crippen LogP contribution in [0.25, 0.3) is 0 Å². The molecule has 1 aromatic rings. The third-order valence-corrected chi connectivity index (χ3v) is 2.16. The van der Waals surface area contributed by atoms with Gasteiger partial charge in [-0.1, -0.05) is 0 Å². The minimum atomic E-state index is -0.902. The Bertz CT molecular complexity index is 412. The Hall–Kier alpha value is -1.91. The minimum Gasteiger partial charge on any atom is -0.481 e. The van der Waals surface area contributed by atoms with Crippen LogP contribution in [0.1, 0.15) is 28.8 Å². The molecule has 0 fully saturated rings. The van der Waals surface area contributed by atoms with Crippen molar-refractivity contribution in [1.82, 2.24) is 5.32 Å². The summed E-state index contributed by atoms with van der Waals surface area (Å²) >= 11 is 0. The number of aryl methyl sites for hydroxylation is 1. The SMILES string of the molecule is Cc1cc(F)cc(C(=O)NCCCC(=O)O)c1. The number of carboxylic acids is 1. The lowest BCUT2D eigenvalue weighted by Crippen LogP contribution is -2.25. The molecular weight excluding hydrogens is 225 g/mol. The molecule has 0 unspecified atom stereocenters. The topological polar surface area (TPSA) is 66.4 Å². The van der Waals surface area contributed by atoms with Crippen LogP contribution in [-0.4, -0.2) is 23.5 Å². The van der Waals surface area contributed by atoms with Crippen LogP contribution < -0.4 is 5.32 Å². The van der Waals surface area contributed by atoms with Gasteiger partial charge < -0.3 is 10.4 Å². The third-order valence-electron chi connectivity index (χ3n) is 2.16. The van der Waals surface area contributed by atoms with Gasteiger partial charge in [0.05, 0.1) is 0 Å². The molecule has 0 radical (unpaired) electrons. The fraction of sp³-hybridized carbons (Fsp3) is 0.333. The van der Waals surface area contributed by atoms with E-state index in [0.717, 1.165) is 6.07 Å². The molecule has 17 heavy (non-hydrogen) atoms. The largest absolute Gasteiger partial charge is 0.481 e. The zero-order valence-corrected chi connectivity index (χ0v) is 9.50. The van der Waals surface area contributed by atoms with Crippen molar-refractivity contribution in [2.75, 3.05) is 6.54 Å². The fourth-order valence-electron chi connectivity index (χ4n) is 1.41. The van der Waals surface area contributed by atoms with E-state index in [1.165, 1.54) is 6.07 Å². The first-order valence-electron chi connectivity index (χ1n) is 5.26. The molecule has 92 valence electrons. The lowest BCUT2D eigenvalue weighted by atomic mass is 10.1. The number of rotatable bonds is 5. The van der Waals surface area contributed by atoms with Gasteiger partial charge in [-0.15, -0.1) is 0 Å². The number of halogens is 1. The maximum Gasteiger partial charge on any atom is 0.303 e. The quantitative estimate of drug-likeness (QED) is 0.769. The zero-order valence-electron chi connectivity index (χ0n) is 9.50. The van der Waals surface area contributed by atoms with Crippen molar-refractivity contribution in [2.45, 2.75) is 19.8 Å². The molecule has 0 atom stereocenters. The van der Waals surface area contributed by atoms with Crippen LogP contribution in [0.4, 0.5) is 4.39 Å². The van der Waals surface area contributed by atoms with Crippen LogP contribution in [0.15, 0.2) is 18.2 Å². The van der Waals surface area contributed by atoms with E-state index in [4.69, 9.17) is 5.11 Å². The highest BCUT2D eigenvalue weighted by atomic mass is 19.1. The van der Waals surface area contributed by atoms with E-state index in [-0.39, 0.29) is 18.5 Å². The van der Waals surface area contributed by atoms with Crippen molar-refractivity contribution < 1.29 is 19.1 Å². The van der Waals surface area contributed by atoms with Gasteiger partial charge in [0.15, 0.2) is 0 Å². The van der Waals surface area contributed by atoms with Crippen LogP contribution >= 0.6 is 0 Å². The predicted molar refractivity (Wildman–Crippen MR) is 60.3 cm³/mol. The van der Waals surface area contributed by atoms with Gasteiger partial charge in [-0.05, 0) is 37.1 Å². The molecule has 0 saturated carbocycles. The van der Waals surface area contributed by atoms with Crippen LogP contribution in [0.3, 0.4) is 0 Å². The number of carboxylic acid groups (broad SMARTS) is 1. The Kier molecular flexibility index (Phi) is 4.63. The summed E-state index contributed by atoms with van der Waals surface area (Å²) in [5.41, 5.74) is 0.915. The molecule has 0 spiro atoms. The van der Waals surface area contributed by atoms with E-state index >= 15 is 0 Å². The summed E-state index contributed by atoms with van der Waals surface area (Å²) in [4.78, 5) is 21.8. The van der Waals surface area contributed by atoms with E-state index in [9.17, 15) is 14.0 Å². The van der Waals surface area contributed by atoms with E-state index in [2.05, 4.69) is 5.32 Å². The summed E-state index contributed by atoms with van der Waals surface area (Å²) in [6, 6.07) is 4.07. The number of carbonyl (C=O) groups is 2. The summed E-state index contributed by atoms with van der Waals surface area (Å²) in [5.74, 6) is -1.75. The normalized spacial score (nSPS) is 10.0. The molecule has 1 amide bonds. The van der Waals surface area contributed by atoms with Crippen LogP contribution in [-0.2, 0) is 4.79 Å². The Morgan fingerprint density at radius 2 is 2.06 bits per heavy atom. The first-order valence-corrected chi connectivity index (χ1v) is 5.26. The third kappa shape index (κ3) is 4.63. The van der Waals surface area contributed by atoms with Gasteiger partial charge in [0.1, 0.15) is 5.82 Å². The fourth-order valence-corrected chi connectivity index (χ4v) is 1.41. The van der Waals surface area contributed by atoms with Crippen LogP contribution in [0.2, 0.25) is 0 Å². The minimum absolute atomic E-state index is 0.00244. The van der Waals surface area contributed by atoms with Gasteiger partial charge in [-0.25, -0.2) is 4.39 Å². The molecule has 0 saturated heterocycles. The van der Waals surface area contributed by atoms with Crippen LogP contribution in [0, 0.1) is 12.7 Å². The average molecular weight is 239 g/mol. The first kappa shape index (κ1) is 13.2. The highest BCUT2D eigenvalue weighted by Gasteiger charge is 2.07. The molecule has 4 nitrogen and oxygen atoms in total. The molecular formula is C12H14FNO3. The highest BCUT2D eigenvalue weighted by molar-refractivity contribution is 5.94. The molecule has 0 bridgehead atoms. The Labute approximate surface area is 98.5 Å². The number of carbonyl (C=O) groups excluding carboxylic acids is 1. The number of aliphatic carboxylic acids is 1. The van der Waals surface area contributed by atoms with Crippen molar-refractivity contribution in [3.63, 3.8) is 0 Å². The molecule has 2 N–H and O–H groups in total. The van der Waals surface area contributed by atoms with E-state index in [0.29, 0.717) is 12.0 Å². The number of benzene rings is 1. The lowest BCUT2D eigenvalue weighted by molar-refractivity contribution is -0.137. The zero-order chi connectivity index (χ0) is 12.8. The number of nitrogens with one attached hydrogen (secondary N) is 1. The molecule has 0 aliphatic heterocycles. The standard InChI is InChI=1S/C12H14FNO3/c1-8-5-9(7-10(13)6-8)12(17)14-4-2-3-11(15)16/h5-7H,2-4H2,1H3,(H,14,17)(H,15,16). The van der Waals surface area contributed by atoms with Crippen molar-refractivity contribution >= 4 is 11.9 Å². The van der Waals surface area contributed by atoms with Gasteiger partial charge in [0.25, 0.3) is 5.91 Å². The molecule has 0 aliphatic carbocycles. The lowest BCUT2D eigenvalue weighted by Gasteiger charge is -2.05. The van der Waals surface area contributed by atoms with Crippen molar-refractivity contribution in [2.24, 2.45) is 0 Å². The summed E-state index contributed by atoms with van der Waals surface area (Å²) in [7, 11) is 0. The van der Waals surface area contributed by atoms with E-state index < -0.39 is 17.7 Å². The predicted octanol–water partition coefficient (Wildman–Crippen LogP) is 1.73. The van der Waals surface area contributed by atoms with Gasteiger partial charge >= 0.3 is 5.97 Å². The maximum absolute atomic E-state index is 13.0. The van der Waals surface area contributed by atoms with E-state index in [1.807, 2.05) is 0 Å². The summed E-state index contributed by atoms with van der Waals surface area (Å²) in [6.07, 6.45) is 0.359. The Balaban J connectivity index is 2.49. The Morgan fingerprint density at radius 3 is 2.65 bits per heavy atom. The van der Waals surface area contributed by atoms with Crippen molar-refractivity contribution in [1.29, 1.82) is 0 Å². The smallest absolute Gasteiger partial charge is 0.303 e. The van der Waals surface area contributed by atoms with Gasteiger partial charge in [-0.3, -0.25) is 9.59 Å². The second-order valence-electron chi connectivity index (χ2n) is 3.77. The second kappa shape index (κ2) is 5.98. The molecule has 5 heteroatoms. The molecule has 1 rings (SSSR count). The second-order valence-corrected chi connectivity index (χ2v) is 3.77. The highest BCUT2D eigenvalue weighted by Crippen LogP contribution is 2.08. The van der Waals surface area contributed by atoms with Crippen LogP contribution in [0.5, 0.6) is 0 Å². The molecule has 0 aliphatic rings. The Morgan fingerprint density at radius 1 is 1.35 bits per heavy atom. The first-order chi connectivity index (χ1) is 7.99. The number of hydrogen-bond donors (Lipinski definition) is 2. The van der Waals surface area contributed by atoms with Gasteiger partial charge in [0.2, 0.25) is 0 Å². The number of amides is 1. The maximum atomic E-state index is 13.0. The van der Waals surface area contributed by atoms with Gasteiger partial charge in [0, 0.05) is 18.5 Å². The van der Waals surface area contributed by atoms with Crippen molar-refractivity contribution in [3.05, 3.63) is 35.1 Å². The van der Waals surface area contributed by atoms with Crippen molar-refractivity contribution in [3.8, 4) is 0 Å². The number of hydrogen-bond acceptors (Lipinski definition) is 2. The van der Waals surface area contributed by atoms with Gasteiger partial charge in [-0.2, -0.15) is 0 Å². The molecule has 0 aromatic heterocycles. The van der Waals surface area contributed by atoms with E-state index in [1.54, 1.807) is 13.0 Å².